The number of terminal acetylenes is 1. The second kappa shape index (κ2) is 13.1. The number of carboxylic acid groups (broad SMARTS) is 1. The highest BCUT2D eigenvalue weighted by molar-refractivity contribution is 5.93. The highest BCUT2D eigenvalue weighted by Crippen LogP contribution is 2.28. The molecule has 2 aromatic carbocycles. The average molecular weight is 552 g/mol. The van der Waals surface area contributed by atoms with Crippen LogP contribution in [-0.4, -0.2) is 93.7 Å². The van der Waals surface area contributed by atoms with Crippen molar-refractivity contribution in [1.82, 2.24) is 25.1 Å². The van der Waals surface area contributed by atoms with Crippen LogP contribution < -0.4 is 5.32 Å². The highest BCUT2D eigenvalue weighted by atomic mass is 19.1. The first kappa shape index (κ1) is 28.5. The maximum absolute atomic E-state index is 13.5. The molecule has 0 aromatic heterocycles. The number of carbonyl (C=O) groups excluding carboxylic acids is 3. The molecule has 0 aliphatic carbocycles. The largest absolute Gasteiger partial charge is 0.481 e. The molecular formula is C28H30FN5O6. The number of nitrogens with zero attached hydrogens (tertiary/aromatic N) is 4. The number of carbonyl (C=O) groups is 4. The average Bonchev–Trinajstić information content (AvgIpc) is 2.92. The number of halogens is 1. The van der Waals surface area contributed by atoms with E-state index >= 15 is 0 Å². The highest BCUT2D eigenvalue weighted by Gasteiger charge is 2.51. The molecule has 2 unspecified atom stereocenters. The maximum Gasteiger partial charge on any atom is 0.334 e. The van der Waals surface area contributed by atoms with Gasteiger partial charge in [0.15, 0.2) is 0 Å². The molecule has 12 heteroatoms. The van der Waals surface area contributed by atoms with Gasteiger partial charge in [-0.15, -0.1) is 6.42 Å². The monoisotopic (exact) mass is 551 g/mol. The first-order chi connectivity index (χ1) is 19.3. The minimum absolute atomic E-state index is 0.0525. The van der Waals surface area contributed by atoms with Crippen LogP contribution in [0.1, 0.15) is 17.5 Å². The second-order valence-corrected chi connectivity index (χ2v) is 9.38. The van der Waals surface area contributed by atoms with E-state index in [1.165, 1.54) is 32.0 Å². The first-order valence-corrected chi connectivity index (χ1v) is 12.7. The normalized spacial score (nSPS) is 19.2. The third-order valence-corrected chi connectivity index (χ3v) is 6.63. The number of hydrazine groups is 1. The lowest BCUT2D eigenvalue weighted by atomic mass is 10.0. The van der Waals surface area contributed by atoms with Crippen LogP contribution in [0.15, 0.2) is 54.6 Å². The van der Waals surface area contributed by atoms with Crippen molar-refractivity contribution in [3.05, 3.63) is 71.5 Å². The Hall–Kier alpha value is -4.47. The van der Waals surface area contributed by atoms with Crippen molar-refractivity contribution >= 4 is 23.8 Å². The second-order valence-electron chi connectivity index (χ2n) is 9.38. The Balaban J connectivity index is 1.53. The first-order valence-electron chi connectivity index (χ1n) is 12.7. The number of nitrogens with one attached hydrogen (secondary N) is 1. The number of aliphatic carboxylic acids is 1. The molecule has 40 heavy (non-hydrogen) atoms. The number of hydrogen-bond donors (Lipinski definition) is 2. The fourth-order valence-electron chi connectivity index (χ4n) is 4.85. The van der Waals surface area contributed by atoms with Crippen LogP contribution in [0.4, 0.5) is 9.18 Å². The van der Waals surface area contributed by atoms with E-state index in [0.29, 0.717) is 5.56 Å². The molecule has 2 fully saturated rings. The Morgan fingerprint density at radius 3 is 2.58 bits per heavy atom. The third kappa shape index (κ3) is 6.74. The van der Waals surface area contributed by atoms with E-state index in [0.717, 1.165) is 5.56 Å². The lowest BCUT2D eigenvalue weighted by Crippen LogP contribution is -2.76. The van der Waals surface area contributed by atoms with Gasteiger partial charge in [-0.3, -0.25) is 14.4 Å². The van der Waals surface area contributed by atoms with Gasteiger partial charge in [0, 0.05) is 13.1 Å². The van der Waals surface area contributed by atoms with Gasteiger partial charge < -0.3 is 25.0 Å². The number of hydrogen-bond acceptors (Lipinski definition) is 6. The van der Waals surface area contributed by atoms with E-state index < -0.39 is 48.3 Å². The SMILES string of the molecule is C#CCN1CC(=O)N2C(CC(=O)O)C(=O)N(CCOCc3cccc(F)c3)CC2N1C(=O)NCc1ccccc1. The van der Waals surface area contributed by atoms with Gasteiger partial charge in [-0.1, -0.05) is 48.4 Å². The minimum atomic E-state index is -1.32. The summed E-state index contributed by atoms with van der Waals surface area (Å²) in [5.74, 6) is -0.274. The van der Waals surface area contributed by atoms with E-state index in [2.05, 4.69) is 11.2 Å². The fourth-order valence-corrected chi connectivity index (χ4v) is 4.85. The van der Waals surface area contributed by atoms with E-state index in [1.54, 1.807) is 12.1 Å². The van der Waals surface area contributed by atoms with Crippen molar-refractivity contribution in [2.75, 3.05) is 32.8 Å². The Morgan fingerprint density at radius 2 is 1.88 bits per heavy atom. The zero-order chi connectivity index (χ0) is 28.6. The van der Waals surface area contributed by atoms with Crippen molar-refractivity contribution in [3.8, 4) is 12.3 Å². The molecule has 0 saturated carbocycles. The molecule has 11 nitrogen and oxygen atoms in total. The van der Waals surface area contributed by atoms with E-state index in [9.17, 15) is 28.7 Å². The van der Waals surface area contributed by atoms with E-state index in [4.69, 9.17) is 11.2 Å². The van der Waals surface area contributed by atoms with Crippen molar-refractivity contribution in [2.24, 2.45) is 0 Å². The molecule has 2 aromatic rings. The lowest BCUT2D eigenvalue weighted by molar-refractivity contribution is -0.190. The van der Waals surface area contributed by atoms with Gasteiger partial charge >= 0.3 is 12.0 Å². The molecule has 4 amide bonds. The molecule has 2 saturated heterocycles. The number of piperazine rings is 1. The number of rotatable bonds is 10. The summed E-state index contributed by atoms with van der Waals surface area (Å²) >= 11 is 0. The number of ether oxygens (including phenoxy) is 1. The summed E-state index contributed by atoms with van der Waals surface area (Å²) in [6, 6.07) is 13.3. The molecule has 0 bridgehead atoms. The van der Waals surface area contributed by atoms with Crippen molar-refractivity contribution in [3.63, 3.8) is 0 Å². The van der Waals surface area contributed by atoms with Crippen LogP contribution in [0.25, 0.3) is 0 Å². The Kier molecular flexibility index (Phi) is 9.31. The van der Waals surface area contributed by atoms with Gasteiger partial charge in [-0.25, -0.2) is 14.2 Å². The molecule has 2 aliphatic rings. The smallest absolute Gasteiger partial charge is 0.334 e. The summed E-state index contributed by atoms with van der Waals surface area (Å²) in [5, 5.41) is 15.1. The van der Waals surface area contributed by atoms with Crippen LogP contribution >= 0.6 is 0 Å². The molecule has 2 heterocycles. The molecule has 4 rings (SSSR count). The van der Waals surface area contributed by atoms with Crippen LogP contribution in [0, 0.1) is 18.2 Å². The van der Waals surface area contributed by atoms with Crippen LogP contribution in [0.5, 0.6) is 0 Å². The Morgan fingerprint density at radius 1 is 1.12 bits per heavy atom. The zero-order valence-electron chi connectivity index (χ0n) is 21.7. The summed E-state index contributed by atoms with van der Waals surface area (Å²) in [6.07, 6.45) is 3.91. The number of benzene rings is 2. The number of amides is 4. The maximum atomic E-state index is 13.5. The van der Waals surface area contributed by atoms with Gasteiger partial charge in [-0.05, 0) is 23.3 Å². The Labute approximate surface area is 231 Å². The molecule has 2 atom stereocenters. The number of carboxylic acids is 1. The predicted octanol–water partition coefficient (Wildman–Crippen LogP) is 1.26. The molecular weight excluding hydrogens is 521 g/mol. The van der Waals surface area contributed by atoms with E-state index in [-0.39, 0.29) is 45.9 Å². The van der Waals surface area contributed by atoms with Gasteiger partial charge in [0.25, 0.3) is 0 Å². The Bertz CT molecular complexity index is 1290. The number of urea groups is 1. The van der Waals surface area contributed by atoms with Gasteiger partial charge in [0.2, 0.25) is 11.8 Å². The van der Waals surface area contributed by atoms with Crippen molar-refractivity contribution < 1.29 is 33.4 Å². The summed E-state index contributed by atoms with van der Waals surface area (Å²) in [7, 11) is 0. The molecule has 2 aliphatic heterocycles. The van der Waals surface area contributed by atoms with E-state index in [1.807, 2.05) is 30.3 Å². The van der Waals surface area contributed by atoms with Crippen LogP contribution in [0.2, 0.25) is 0 Å². The molecule has 210 valence electrons. The minimum Gasteiger partial charge on any atom is -0.481 e. The van der Waals surface area contributed by atoms with Gasteiger partial charge in [-0.2, -0.15) is 5.01 Å². The quantitative estimate of drug-likeness (QED) is 0.337. The summed E-state index contributed by atoms with van der Waals surface area (Å²) in [4.78, 5) is 54.3. The van der Waals surface area contributed by atoms with Crippen molar-refractivity contribution in [2.45, 2.75) is 31.8 Å². The standard InChI is InChI=1S/C28H30FN5O6/c1-2-11-32-18-25(35)33-23(15-26(36)37)27(38)31(12-13-40-19-21-9-6-10-22(29)14-21)17-24(33)34(32)28(39)30-16-20-7-4-3-5-8-20/h1,3-10,14,23-24H,11-13,15-19H2,(H,30,39)(H,36,37). The zero-order valence-corrected chi connectivity index (χ0v) is 21.7. The van der Waals surface area contributed by atoms with Crippen LogP contribution in [-0.2, 0) is 32.3 Å². The lowest BCUT2D eigenvalue weighted by Gasteiger charge is -2.54. The van der Waals surface area contributed by atoms with Gasteiger partial charge in [0.05, 0.1) is 39.3 Å². The summed E-state index contributed by atoms with van der Waals surface area (Å²) in [6.45, 7) is 0.0210. The topological polar surface area (TPSA) is 123 Å². The van der Waals surface area contributed by atoms with Gasteiger partial charge in [0.1, 0.15) is 18.0 Å². The predicted molar refractivity (Wildman–Crippen MR) is 140 cm³/mol. The summed E-state index contributed by atoms with van der Waals surface area (Å²) < 4.78 is 19.1. The fraction of sp³-hybridized carbons (Fsp3) is 0.357. The molecule has 0 spiro atoms. The molecule has 2 N–H and O–H groups in total. The third-order valence-electron chi connectivity index (χ3n) is 6.63. The summed E-state index contributed by atoms with van der Waals surface area (Å²) in [5.41, 5.74) is 1.47. The van der Waals surface area contributed by atoms with Crippen molar-refractivity contribution in [1.29, 1.82) is 0 Å². The van der Waals surface area contributed by atoms with Crippen LogP contribution in [0.3, 0.4) is 0 Å². The molecule has 0 radical (unpaired) electrons. The number of fused-ring (bicyclic) bond motifs is 1.